The minimum Gasteiger partial charge on any atom is -0.342 e. The van der Waals surface area contributed by atoms with Crippen LogP contribution in [0.3, 0.4) is 0 Å². The molecule has 2 aromatic carbocycles. The average Bonchev–Trinajstić information content (AvgIpc) is 3.79. The molecule has 10 heteroatoms. The number of rotatable bonds is 5. The zero-order valence-electron chi connectivity index (χ0n) is 26.4. The third-order valence-electron chi connectivity index (χ3n) is 10.4. The summed E-state index contributed by atoms with van der Waals surface area (Å²) in [5, 5.41) is 4.23. The Balaban J connectivity index is 1.22. The molecule has 3 aromatic rings. The summed E-state index contributed by atoms with van der Waals surface area (Å²) in [6, 6.07) is 8.13. The van der Waals surface area contributed by atoms with Crippen molar-refractivity contribution in [2.45, 2.75) is 64.5 Å². The molecule has 45 heavy (non-hydrogen) atoms. The summed E-state index contributed by atoms with van der Waals surface area (Å²) >= 11 is 0. The van der Waals surface area contributed by atoms with Gasteiger partial charge in [0.25, 0.3) is 6.43 Å². The third kappa shape index (κ3) is 5.62. The predicted molar refractivity (Wildman–Crippen MR) is 169 cm³/mol. The highest BCUT2D eigenvalue weighted by Crippen LogP contribution is 2.45. The van der Waals surface area contributed by atoms with Crippen molar-refractivity contribution in [1.82, 2.24) is 24.5 Å². The molecule has 0 saturated carbocycles. The molecule has 1 aromatic heterocycles. The smallest absolute Gasteiger partial charge is 0.264 e. The van der Waals surface area contributed by atoms with E-state index in [1.54, 1.807) is 37.1 Å². The van der Waals surface area contributed by atoms with Gasteiger partial charge >= 0.3 is 0 Å². The van der Waals surface area contributed by atoms with Gasteiger partial charge in [0.2, 0.25) is 11.8 Å². The van der Waals surface area contributed by atoms with E-state index in [0.717, 1.165) is 92.9 Å². The number of amides is 2. The SMILES string of the molecule is CC(=O)N1Cc2cc(C3CCN(C(=O)C4CCN(C)C4)CC3)cc(N3CCCc4cc(-c5cnn(C)c5)c(C(F)F)cc43)c2C1. The summed E-state index contributed by atoms with van der Waals surface area (Å²) in [6.45, 7) is 6.71. The van der Waals surface area contributed by atoms with Gasteiger partial charge in [-0.25, -0.2) is 8.78 Å². The fraction of sp³-hybridized carbons (Fsp3) is 0.514. The topological polar surface area (TPSA) is 64.9 Å². The van der Waals surface area contributed by atoms with Crippen LogP contribution >= 0.6 is 0 Å². The van der Waals surface area contributed by atoms with Gasteiger partial charge < -0.3 is 19.6 Å². The number of hydrogen-bond donors (Lipinski definition) is 0. The molecule has 0 N–H and O–H groups in total. The Bertz CT molecular complexity index is 1630. The molecule has 1 unspecified atom stereocenters. The molecule has 7 rings (SSSR count). The molecule has 5 heterocycles. The van der Waals surface area contributed by atoms with E-state index in [1.165, 1.54) is 5.56 Å². The Kier molecular flexibility index (Phi) is 7.88. The number of carbonyl (C=O) groups is 2. The van der Waals surface area contributed by atoms with Gasteiger partial charge in [-0.1, -0.05) is 6.07 Å². The van der Waals surface area contributed by atoms with Crippen LogP contribution in [0.2, 0.25) is 0 Å². The quantitative estimate of drug-likeness (QED) is 0.372. The average molecular weight is 617 g/mol. The molecular formula is C35H42F2N6O2. The highest BCUT2D eigenvalue weighted by molar-refractivity contribution is 5.81. The molecule has 8 nitrogen and oxygen atoms in total. The van der Waals surface area contributed by atoms with Crippen LogP contribution in [0, 0.1) is 5.92 Å². The maximum atomic E-state index is 14.6. The van der Waals surface area contributed by atoms with Gasteiger partial charge in [-0.3, -0.25) is 14.3 Å². The van der Waals surface area contributed by atoms with Crippen molar-refractivity contribution in [2.24, 2.45) is 13.0 Å². The Labute approximate surface area is 263 Å². The lowest BCUT2D eigenvalue weighted by Crippen LogP contribution is -2.42. The second kappa shape index (κ2) is 11.9. The highest BCUT2D eigenvalue weighted by Gasteiger charge is 2.34. The fourth-order valence-corrected chi connectivity index (χ4v) is 7.93. The maximum Gasteiger partial charge on any atom is 0.264 e. The van der Waals surface area contributed by atoms with Gasteiger partial charge in [-0.15, -0.1) is 0 Å². The Hall–Kier alpha value is -3.79. The van der Waals surface area contributed by atoms with E-state index in [0.29, 0.717) is 30.1 Å². The Morgan fingerprint density at radius 3 is 2.38 bits per heavy atom. The van der Waals surface area contributed by atoms with Crippen molar-refractivity contribution in [2.75, 3.05) is 44.7 Å². The number of benzene rings is 2. The van der Waals surface area contributed by atoms with Crippen LogP contribution in [0.25, 0.3) is 11.1 Å². The van der Waals surface area contributed by atoms with Gasteiger partial charge in [-0.05, 0) is 92.1 Å². The number of piperidine rings is 1. The van der Waals surface area contributed by atoms with Crippen LogP contribution < -0.4 is 4.90 Å². The third-order valence-corrected chi connectivity index (χ3v) is 10.4. The number of nitrogens with zero attached hydrogens (tertiary/aromatic N) is 6. The van der Waals surface area contributed by atoms with Gasteiger partial charge in [0.15, 0.2) is 0 Å². The monoisotopic (exact) mass is 616 g/mol. The summed E-state index contributed by atoms with van der Waals surface area (Å²) in [7, 11) is 3.87. The van der Waals surface area contributed by atoms with Crippen LogP contribution in [0.1, 0.15) is 72.8 Å². The Morgan fingerprint density at radius 1 is 0.911 bits per heavy atom. The standard InChI is InChI=1S/C35H42F2N6O2/c1-22(44)42-20-27-13-26(23-7-11-41(12-8-23)35(45)25-6-10-39(2)18-25)15-33(31(27)21-42)43-9-4-5-24-14-29(28-17-38-40(3)19-28)30(34(36)37)16-32(24)43/h13-17,19,23,25,34H,4-12,18,20-21H2,1-3H3. The second-order valence-electron chi connectivity index (χ2n) is 13.4. The number of anilines is 2. The summed E-state index contributed by atoms with van der Waals surface area (Å²) < 4.78 is 30.8. The number of aryl methyl sites for hydroxylation is 2. The molecule has 0 spiro atoms. The van der Waals surface area contributed by atoms with Crippen molar-refractivity contribution in [3.05, 3.63) is 64.5 Å². The van der Waals surface area contributed by atoms with Gasteiger partial charge in [-0.2, -0.15) is 5.10 Å². The largest absolute Gasteiger partial charge is 0.342 e. The lowest BCUT2D eigenvalue weighted by atomic mass is 9.86. The van der Waals surface area contributed by atoms with E-state index in [9.17, 15) is 18.4 Å². The Morgan fingerprint density at radius 2 is 1.71 bits per heavy atom. The molecule has 2 saturated heterocycles. The minimum absolute atomic E-state index is 0.0114. The molecule has 0 radical (unpaired) electrons. The van der Waals surface area contributed by atoms with Crippen LogP contribution in [0.5, 0.6) is 0 Å². The van der Waals surface area contributed by atoms with Gasteiger partial charge in [0.1, 0.15) is 0 Å². The van der Waals surface area contributed by atoms with E-state index in [4.69, 9.17) is 0 Å². The van der Waals surface area contributed by atoms with E-state index in [1.807, 2.05) is 11.0 Å². The molecule has 2 amide bonds. The van der Waals surface area contributed by atoms with Crippen LogP contribution in [0.4, 0.5) is 20.2 Å². The van der Waals surface area contributed by atoms with E-state index >= 15 is 0 Å². The van der Waals surface area contributed by atoms with E-state index in [2.05, 4.69) is 39.0 Å². The molecular weight excluding hydrogens is 574 g/mol. The number of hydrogen-bond acceptors (Lipinski definition) is 5. The lowest BCUT2D eigenvalue weighted by Gasteiger charge is -2.36. The molecule has 4 aliphatic rings. The molecule has 0 aliphatic carbocycles. The summed E-state index contributed by atoms with van der Waals surface area (Å²) in [5.74, 6) is 0.717. The number of fused-ring (bicyclic) bond motifs is 2. The summed E-state index contributed by atoms with van der Waals surface area (Å²) in [5.41, 5.74) is 7.60. The van der Waals surface area contributed by atoms with Gasteiger partial charge in [0.05, 0.1) is 12.1 Å². The summed E-state index contributed by atoms with van der Waals surface area (Å²) in [6.07, 6.45) is 5.24. The first-order valence-electron chi connectivity index (χ1n) is 16.3. The molecule has 1 atom stereocenters. The predicted octanol–water partition coefficient (Wildman–Crippen LogP) is 5.63. The van der Waals surface area contributed by atoms with E-state index in [-0.39, 0.29) is 23.3 Å². The minimum atomic E-state index is -2.63. The number of alkyl halides is 2. The molecule has 2 fully saturated rings. The zero-order valence-corrected chi connectivity index (χ0v) is 26.4. The fourth-order valence-electron chi connectivity index (χ4n) is 7.93. The number of aromatic nitrogens is 2. The molecule has 0 bridgehead atoms. The van der Waals surface area contributed by atoms with Crippen molar-refractivity contribution in [3.63, 3.8) is 0 Å². The first-order chi connectivity index (χ1) is 21.7. The number of halogens is 2. The second-order valence-corrected chi connectivity index (χ2v) is 13.4. The van der Waals surface area contributed by atoms with Crippen molar-refractivity contribution in [3.8, 4) is 11.1 Å². The zero-order chi connectivity index (χ0) is 31.4. The maximum absolute atomic E-state index is 14.6. The van der Waals surface area contributed by atoms with E-state index < -0.39 is 6.43 Å². The lowest BCUT2D eigenvalue weighted by molar-refractivity contribution is -0.136. The highest BCUT2D eigenvalue weighted by atomic mass is 19.3. The van der Waals surface area contributed by atoms with Crippen LogP contribution in [0.15, 0.2) is 36.7 Å². The van der Waals surface area contributed by atoms with Crippen LogP contribution in [-0.2, 0) is 36.1 Å². The van der Waals surface area contributed by atoms with Crippen molar-refractivity contribution >= 4 is 23.2 Å². The molecule has 238 valence electrons. The molecule has 4 aliphatic heterocycles. The summed E-state index contributed by atoms with van der Waals surface area (Å²) in [4.78, 5) is 34.1. The normalized spacial score (nSPS) is 20.7. The first-order valence-corrected chi connectivity index (χ1v) is 16.3. The van der Waals surface area contributed by atoms with Crippen molar-refractivity contribution < 1.29 is 18.4 Å². The van der Waals surface area contributed by atoms with Gasteiger partial charge in [0, 0.05) is 87.5 Å². The number of likely N-dealkylation sites (tertiary alicyclic amines) is 2. The van der Waals surface area contributed by atoms with Crippen molar-refractivity contribution in [1.29, 1.82) is 0 Å². The first kappa shape index (κ1) is 29.9. The van der Waals surface area contributed by atoms with Crippen LogP contribution in [-0.4, -0.2) is 76.1 Å². The number of carbonyl (C=O) groups excluding carboxylic acids is 2.